The Bertz CT molecular complexity index is 447. The van der Waals surface area contributed by atoms with Gasteiger partial charge in [-0.3, -0.25) is 9.59 Å². The van der Waals surface area contributed by atoms with Gasteiger partial charge in [0.25, 0.3) is 5.97 Å². The van der Waals surface area contributed by atoms with Crippen molar-refractivity contribution in [1.29, 1.82) is 0 Å². The molecule has 8 heteroatoms. The van der Waals surface area contributed by atoms with Gasteiger partial charge in [-0.25, -0.2) is 8.42 Å². The molecule has 0 atom stereocenters. The Balaban J connectivity index is 0.000000885. The third kappa shape index (κ3) is 8.01. The number of sulfone groups is 1. The van der Waals surface area contributed by atoms with Crippen LogP contribution in [0.25, 0.3) is 0 Å². The average molecular weight is 323 g/mol. The molecule has 0 bridgehead atoms. The van der Waals surface area contributed by atoms with Gasteiger partial charge < -0.3 is 15.1 Å². The largest absolute Gasteiger partial charge is 0.481 e. The second-order valence-electron chi connectivity index (χ2n) is 5.43. The lowest BCUT2D eigenvalue weighted by atomic mass is 9.76. The monoisotopic (exact) mass is 323 g/mol. The van der Waals surface area contributed by atoms with E-state index in [0.717, 1.165) is 6.92 Å². The summed E-state index contributed by atoms with van der Waals surface area (Å²) in [6.07, 6.45) is 3.10. The van der Waals surface area contributed by atoms with Crippen LogP contribution in [-0.2, 0) is 19.4 Å². The van der Waals surface area contributed by atoms with Gasteiger partial charge in [0.2, 0.25) is 0 Å². The van der Waals surface area contributed by atoms with Crippen molar-refractivity contribution in [2.45, 2.75) is 33.1 Å². The lowest BCUT2D eigenvalue weighted by Crippen LogP contribution is -2.45. The van der Waals surface area contributed by atoms with Crippen molar-refractivity contribution in [2.75, 3.05) is 31.6 Å². The van der Waals surface area contributed by atoms with Gasteiger partial charge in [0.05, 0.1) is 11.2 Å². The lowest BCUT2D eigenvalue weighted by molar-refractivity contribution is -0.152. The van der Waals surface area contributed by atoms with E-state index in [1.54, 1.807) is 0 Å². The standard InChI is InChI=1S/C11H21NO4S.C2H4O2/c1-3-11(10(13)14)4-6-12(7-5-11)8-9-17(2,15)16;1-2(3)4/h3-9H2,1-2H3,(H,13,14);1H3,(H,3,4). The molecule has 1 heterocycles. The number of piperidine rings is 1. The van der Waals surface area contributed by atoms with E-state index in [-0.39, 0.29) is 5.75 Å². The number of carbonyl (C=O) groups is 2. The van der Waals surface area contributed by atoms with Gasteiger partial charge in [0, 0.05) is 19.7 Å². The maximum absolute atomic E-state index is 11.2. The smallest absolute Gasteiger partial charge is 0.309 e. The number of likely N-dealkylation sites (tertiary alicyclic amines) is 1. The highest BCUT2D eigenvalue weighted by molar-refractivity contribution is 7.90. The highest BCUT2D eigenvalue weighted by Gasteiger charge is 2.39. The number of rotatable bonds is 5. The van der Waals surface area contributed by atoms with E-state index in [1.807, 2.05) is 11.8 Å². The summed E-state index contributed by atoms with van der Waals surface area (Å²) < 4.78 is 22.1. The summed E-state index contributed by atoms with van der Waals surface area (Å²) in [6.45, 7) is 4.85. The molecule has 0 aliphatic carbocycles. The summed E-state index contributed by atoms with van der Waals surface area (Å²) in [5.74, 6) is -1.40. The summed E-state index contributed by atoms with van der Waals surface area (Å²) in [6, 6.07) is 0. The van der Waals surface area contributed by atoms with Gasteiger partial charge in [-0.1, -0.05) is 6.92 Å². The molecule has 0 radical (unpaired) electrons. The third-order valence-electron chi connectivity index (χ3n) is 3.72. The van der Waals surface area contributed by atoms with Crippen LogP contribution < -0.4 is 0 Å². The molecule has 1 saturated heterocycles. The first kappa shape index (κ1) is 19.9. The van der Waals surface area contributed by atoms with Gasteiger partial charge in [0.1, 0.15) is 9.84 Å². The maximum atomic E-state index is 11.2. The zero-order valence-corrected chi connectivity index (χ0v) is 13.6. The number of hydrogen-bond donors (Lipinski definition) is 2. The molecule has 21 heavy (non-hydrogen) atoms. The summed E-state index contributed by atoms with van der Waals surface area (Å²) >= 11 is 0. The summed E-state index contributed by atoms with van der Waals surface area (Å²) in [5.41, 5.74) is -0.596. The first-order chi connectivity index (χ1) is 9.52. The highest BCUT2D eigenvalue weighted by atomic mass is 32.2. The van der Waals surface area contributed by atoms with Crippen LogP contribution in [0.2, 0.25) is 0 Å². The van der Waals surface area contributed by atoms with Crippen molar-refractivity contribution in [3.8, 4) is 0 Å². The van der Waals surface area contributed by atoms with Crippen molar-refractivity contribution < 1.29 is 28.2 Å². The van der Waals surface area contributed by atoms with Gasteiger partial charge in [-0.05, 0) is 32.4 Å². The van der Waals surface area contributed by atoms with Crippen LogP contribution in [0.1, 0.15) is 33.1 Å². The summed E-state index contributed by atoms with van der Waals surface area (Å²) in [7, 11) is -2.93. The van der Waals surface area contributed by atoms with Gasteiger partial charge in [0.15, 0.2) is 0 Å². The Morgan fingerprint density at radius 1 is 1.19 bits per heavy atom. The molecule has 1 fully saturated rings. The molecule has 0 aromatic rings. The molecular formula is C13H25NO6S. The fraction of sp³-hybridized carbons (Fsp3) is 0.846. The Hall–Kier alpha value is -1.15. The maximum Gasteiger partial charge on any atom is 0.309 e. The fourth-order valence-corrected chi connectivity index (χ4v) is 2.81. The number of carboxylic acid groups (broad SMARTS) is 2. The fourth-order valence-electron chi connectivity index (χ4n) is 2.22. The van der Waals surface area contributed by atoms with Gasteiger partial charge in [-0.15, -0.1) is 0 Å². The molecule has 1 aliphatic rings. The minimum Gasteiger partial charge on any atom is -0.481 e. The van der Waals surface area contributed by atoms with E-state index in [0.29, 0.717) is 38.9 Å². The highest BCUT2D eigenvalue weighted by Crippen LogP contribution is 2.34. The molecule has 7 nitrogen and oxygen atoms in total. The van der Waals surface area contributed by atoms with E-state index < -0.39 is 27.2 Å². The third-order valence-corrected chi connectivity index (χ3v) is 4.65. The molecule has 0 saturated carbocycles. The van der Waals surface area contributed by atoms with E-state index in [9.17, 15) is 18.3 Å². The van der Waals surface area contributed by atoms with Gasteiger partial charge >= 0.3 is 5.97 Å². The molecule has 1 aliphatic heterocycles. The van der Waals surface area contributed by atoms with Crippen LogP contribution in [0.3, 0.4) is 0 Å². The molecule has 0 unspecified atom stereocenters. The van der Waals surface area contributed by atoms with Crippen molar-refractivity contribution >= 4 is 21.8 Å². The summed E-state index contributed by atoms with van der Waals surface area (Å²) in [5, 5.41) is 16.6. The molecule has 2 N–H and O–H groups in total. The van der Waals surface area contributed by atoms with E-state index in [4.69, 9.17) is 9.90 Å². The first-order valence-corrected chi connectivity index (χ1v) is 8.91. The SMILES string of the molecule is CC(=O)O.CCC1(C(=O)O)CCN(CCS(C)(=O)=O)CC1. The predicted octanol–water partition coefficient (Wildman–Crippen LogP) is 0.699. The van der Waals surface area contributed by atoms with Crippen LogP contribution in [0, 0.1) is 5.41 Å². The van der Waals surface area contributed by atoms with Crippen molar-refractivity contribution in [3.63, 3.8) is 0 Å². The number of aliphatic carboxylic acids is 2. The molecule has 0 aromatic heterocycles. The molecule has 0 aromatic carbocycles. The molecule has 1 rings (SSSR count). The number of hydrogen-bond acceptors (Lipinski definition) is 5. The molecule has 124 valence electrons. The minimum absolute atomic E-state index is 0.152. The van der Waals surface area contributed by atoms with Crippen molar-refractivity contribution in [2.24, 2.45) is 5.41 Å². The second-order valence-corrected chi connectivity index (χ2v) is 7.69. The van der Waals surface area contributed by atoms with Gasteiger partial charge in [-0.2, -0.15) is 0 Å². The normalized spacial score (nSPS) is 18.4. The molecule has 0 amide bonds. The average Bonchev–Trinajstić information content (AvgIpc) is 2.35. The van der Waals surface area contributed by atoms with Crippen molar-refractivity contribution in [3.05, 3.63) is 0 Å². The number of nitrogens with zero attached hydrogens (tertiary/aromatic N) is 1. The Morgan fingerprint density at radius 2 is 1.62 bits per heavy atom. The first-order valence-electron chi connectivity index (χ1n) is 6.85. The van der Waals surface area contributed by atoms with Crippen LogP contribution in [0.4, 0.5) is 0 Å². The Kier molecular flexibility index (Phi) is 7.87. The zero-order chi connectivity index (χ0) is 16.7. The molecule has 0 spiro atoms. The van der Waals surface area contributed by atoms with E-state index in [1.165, 1.54) is 6.26 Å². The second kappa shape index (κ2) is 8.33. The van der Waals surface area contributed by atoms with Crippen LogP contribution in [-0.4, -0.2) is 67.1 Å². The van der Waals surface area contributed by atoms with Crippen LogP contribution in [0.5, 0.6) is 0 Å². The predicted molar refractivity (Wildman–Crippen MR) is 79.1 cm³/mol. The van der Waals surface area contributed by atoms with E-state index in [2.05, 4.69) is 0 Å². The lowest BCUT2D eigenvalue weighted by Gasteiger charge is -2.38. The topological polar surface area (TPSA) is 112 Å². The minimum atomic E-state index is -2.93. The van der Waals surface area contributed by atoms with Crippen molar-refractivity contribution in [1.82, 2.24) is 4.90 Å². The molecular weight excluding hydrogens is 298 g/mol. The Labute approximate surface area is 125 Å². The van der Waals surface area contributed by atoms with Crippen LogP contribution in [0.15, 0.2) is 0 Å². The van der Waals surface area contributed by atoms with Crippen LogP contribution >= 0.6 is 0 Å². The quantitative estimate of drug-likeness (QED) is 0.765. The zero-order valence-electron chi connectivity index (χ0n) is 12.8. The number of carboxylic acids is 2. The summed E-state index contributed by atoms with van der Waals surface area (Å²) in [4.78, 5) is 22.3. The Morgan fingerprint density at radius 3 is 1.90 bits per heavy atom. The van der Waals surface area contributed by atoms with E-state index >= 15 is 0 Å².